The number of amides is 2. The fraction of sp³-hybridized carbons (Fsp3) is 0.480. The van der Waals surface area contributed by atoms with Crippen LogP contribution in [0.3, 0.4) is 0 Å². The molecule has 0 aromatic heterocycles. The Bertz CT molecular complexity index is 1050. The Balaban J connectivity index is 1.61. The van der Waals surface area contributed by atoms with Gasteiger partial charge >= 0.3 is 18.4 Å². The van der Waals surface area contributed by atoms with E-state index in [0.29, 0.717) is 38.1 Å². The van der Waals surface area contributed by atoms with Crippen molar-refractivity contribution in [2.24, 2.45) is 11.8 Å². The normalized spacial score (nSPS) is 24.5. The third-order valence-corrected chi connectivity index (χ3v) is 7.04. The molecule has 2 amide bonds. The summed E-state index contributed by atoms with van der Waals surface area (Å²) in [5.41, 5.74) is -2.29. The number of nitrogens with one attached hydrogen (secondary N) is 1. The molecule has 2 fully saturated rings. The first-order chi connectivity index (χ1) is 16.9. The monoisotopic (exact) mass is 518 g/mol. The lowest BCUT2D eigenvalue weighted by Crippen LogP contribution is -2.38. The summed E-state index contributed by atoms with van der Waals surface area (Å²) in [6.07, 6.45) is -9.26. The predicted molar refractivity (Wildman–Crippen MR) is 116 cm³/mol. The van der Waals surface area contributed by atoms with Crippen LogP contribution in [-0.4, -0.2) is 37.2 Å². The molecule has 0 radical (unpaired) electrons. The van der Waals surface area contributed by atoms with Crippen molar-refractivity contribution in [1.82, 2.24) is 10.2 Å². The van der Waals surface area contributed by atoms with Crippen LogP contribution < -0.4 is 5.32 Å². The van der Waals surface area contributed by atoms with E-state index in [1.807, 2.05) is 0 Å². The fourth-order valence-corrected chi connectivity index (χ4v) is 5.41. The topological polar surface area (TPSA) is 41.6 Å². The van der Waals surface area contributed by atoms with Gasteiger partial charge in [0.25, 0.3) is 0 Å². The molecular formula is C25H25F7N2O2. The van der Waals surface area contributed by atoms with Gasteiger partial charge < -0.3 is 15.0 Å². The summed E-state index contributed by atoms with van der Waals surface area (Å²) in [6.45, 7) is 0.483. The Hall–Kier alpha value is -2.82. The third kappa shape index (κ3) is 5.61. The van der Waals surface area contributed by atoms with Crippen molar-refractivity contribution in [3.8, 4) is 0 Å². The first kappa shape index (κ1) is 26.2. The van der Waals surface area contributed by atoms with Gasteiger partial charge in [-0.2, -0.15) is 26.3 Å². The van der Waals surface area contributed by atoms with Crippen LogP contribution in [0.1, 0.15) is 41.0 Å². The molecule has 36 heavy (non-hydrogen) atoms. The van der Waals surface area contributed by atoms with Crippen LogP contribution in [0.4, 0.5) is 35.5 Å². The number of ether oxygens (including phenoxy) is 1. The lowest BCUT2D eigenvalue weighted by atomic mass is 9.69. The molecule has 11 heteroatoms. The van der Waals surface area contributed by atoms with E-state index in [9.17, 15) is 35.5 Å². The SMILES string of the molecule is CNC(=O)N1CC2CC[C@H](OCc3cc(C(F)(F)F)cc(C(F)(F)F)c3)C(c3ccc(F)cc3)[C@@H]2C1. The van der Waals surface area contributed by atoms with Crippen molar-refractivity contribution >= 4 is 6.03 Å². The number of likely N-dealkylation sites (tertiary alicyclic amines) is 1. The van der Waals surface area contributed by atoms with Gasteiger partial charge in [-0.15, -0.1) is 0 Å². The maximum absolute atomic E-state index is 13.6. The Morgan fingerprint density at radius 2 is 1.58 bits per heavy atom. The van der Waals surface area contributed by atoms with Gasteiger partial charge in [-0.3, -0.25) is 0 Å². The molecule has 1 aliphatic carbocycles. The van der Waals surface area contributed by atoms with E-state index >= 15 is 0 Å². The highest BCUT2D eigenvalue weighted by molar-refractivity contribution is 5.74. The van der Waals surface area contributed by atoms with E-state index < -0.39 is 42.0 Å². The summed E-state index contributed by atoms with van der Waals surface area (Å²) < 4.78 is 99.1. The number of nitrogens with zero attached hydrogens (tertiary/aromatic N) is 1. The highest BCUT2D eigenvalue weighted by Crippen LogP contribution is 2.47. The van der Waals surface area contributed by atoms with Gasteiger partial charge in [-0.05, 0) is 66.1 Å². The Morgan fingerprint density at radius 3 is 2.14 bits per heavy atom. The van der Waals surface area contributed by atoms with Gasteiger partial charge in [-0.1, -0.05) is 12.1 Å². The number of benzene rings is 2. The zero-order chi connectivity index (χ0) is 26.3. The lowest BCUT2D eigenvalue weighted by Gasteiger charge is -2.39. The summed E-state index contributed by atoms with van der Waals surface area (Å²) in [7, 11) is 1.53. The van der Waals surface area contributed by atoms with Gasteiger partial charge in [0.15, 0.2) is 0 Å². The second kappa shape index (κ2) is 9.91. The Morgan fingerprint density at radius 1 is 0.972 bits per heavy atom. The molecule has 2 aromatic carbocycles. The maximum atomic E-state index is 13.6. The first-order valence-corrected chi connectivity index (χ1v) is 11.5. The number of halogens is 7. The number of carbonyl (C=O) groups is 1. The molecule has 1 saturated heterocycles. The highest BCUT2D eigenvalue weighted by atomic mass is 19.4. The summed E-state index contributed by atoms with van der Waals surface area (Å²) in [6, 6.07) is 6.98. The average Bonchev–Trinajstić information content (AvgIpc) is 3.25. The summed E-state index contributed by atoms with van der Waals surface area (Å²) in [4.78, 5) is 13.9. The van der Waals surface area contributed by atoms with E-state index in [1.165, 1.54) is 19.2 Å². The van der Waals surface area contributed by atoms with Gasteiger partial charge in [0.2, 0.25) is 0 Å². The number of urea groups is 1. The molecular weight excluding hydrogens is 493 g/mol. The molecule has 2 aliphatic rings. The molecule has 4 atom stereocenters. The van der Waals surface area contributed by atoms with Gasteiger partial charge in [0, 0.05) is 26.1 Å². The molecule has 196 valence electrons. The minimum atomic E-state index is -4.95. The van der Waals surface area contributed by atoms with E-state index in [0.717, 1.165) is 5.56 Å². The quantitative estimate of drug-likeness (QED) is 0.489. The molecule has 1 N–H and O–H groups in total. The van der Waals surface area contributed by atoms with E-state index in [2.05, 4.69) is 5.32 Å². The molecule has 2 aromatic rings. The van der Waals surface area contributed by atoms with Crippen LogP contribution in [0.5, 0.6) is 0 Å². The number of fused-ring (bicyclic) bond motifs is 1. The molecule has 0 spiro atoms. The highest BCUT2D eigenvalue weighted by Gasteiger charge is 2.46. The fourth-order valence-electron chi connectivity index (χ4n) is 5.41. The predicted octanol–water partition coefficient (Wildman–Crippen LogP) is 6.21. The van der Waals surface area contributed by atoms with Gasteiger partial charge in [0.05, 0.1) is 23.8 Å². The van der Waals surface area contributed by atoms with Crippen molar-refractivity contribution in [3.05, 3.63) is 70.5 Å². The molecule has 4 rings (SSSR count). The van der Waals surface area contributed by atoms with Crippen molar-refractivity contribution in [2.75, 3.05) is 20.1 Å². The van der Waals surface area contributed by atoms with Crippen molar-refractivity contribution in [3.63, 3.8) is 0 Å². The molecule has 0 bridgehead atoms. The number of alkyl halides is 6. The van der Waals surface area contributed by atoms with Gasteiger partial charge in [-0.25, -0.2) is 9.18 Å². The molecule has 1 aliphatic heterocycles. The molecule has 4 nitrogen and oxygen atoms in total. The van der Waals surface area contributed by atoms with Crippen LogP contribution in [0, 0.1) is 17.7 Å². The maximum Gasteiger partial charge on any atom is 0.416 e. The largest absolute Gasteiger partial charge is 0.416 e. The van der Waals surface area contributed by atoms with Crippen LogP contribution in [0.2, 0.25) is 0 Å². The zero-order valence-corrected chi connectivity index (χ0v) is 19.3. The number of rotatable bonds is 4. The van der Waals surface area contributed by atoms with Crippen molar-refractivity contribution < 1.29 is 40.3 Å². The van der Waals surface area contributed by atoms with Gasteiger partial charge in [0.1, 0.15) is 5.82 Å². The zero-order valence-electron chi connectivity index (χ0n) is 19.3. The van der Waals surface area contributed by atoms with Crippen LogP contribution in [0.25, 0.3) is 0 Å². The number of hydrogen-bond donors (Lipinski definition) is 1. The van der Waals surface area contributed by atoms with Crippen molar-refractivity contribution in [1.29, 1.82) is 0 Å². The first-order valence-electron chi connectivity index (χ1n) is 11.5. The van der Waals surface area contributed by atoms with Crippen LogP contribution in [-0.2, 0) is 23.7 Å². The van der Waals surface area contributed by atoms with Crippen LogP contribution >= 0.6 is 0 Å². The summed E-state index contributed by atoms with van der Waals surface area (Å²) in [5.74, 6) is -0.668. The van der Waals surface area contributed by atoms with Crippen LogP contribution in [0.15, 0.2) is 42.5 Å². The molecule has 2 unspecified atom stereocenters. The summed E-state index contributed by atoms with van der Waals surface area (Å²) in [5, 5.41) is 2.59. The minimum absolute atomic E-state index is 0.0567. The second-order valence-electron chi connectivity index (χ2n) is 9.30. The second-order valence-corrected chi connectivity index (χ2v) is 9.30. The number of carbonyl (C=O) groups excluding carboxylic acids is 1. The average molecular weight is 518 g/mol. The lowest BCUT2D eigenvalue weighted by molar-refractivity contribution is -0.143. The van der Waals surface area contributed by atoms with E-state index in [-0.39, 0.29) is 35.4 Å². The standard InChI is InChI=1S/C25H25F7N2O2/c1-33-23(35)34-11-16-4-7-21(22(20(16)12-34)15-2-5-19(26)6-3-15)36-13-14-8-17(24(27,28)29)10-18(9-14)25(30,31)32/h2-3,5-6,8-10,16,20-22H,4,7,11-13H2,1H3,(H,33,35)/t16?,20-,21+,22?/m1/s1. The Labute approximate surface area is 203 Å². The van der Waals surface area contributed by atoms with E-state index in [4.69, 9.17) is 4.74 Å². The molecule has 1 saturated carbocycles. The van der Waals surface area contributed by atoms with E-state index in [1.54, 1.807) is 17.0 Å². The molecule has 1 heterocycles. The summed E-state index contributed by atoms with van der Waals surface area (Å²) >= 11 is 0. The Kier molecular flexibility index (Phi) is 7.23. The number of hydrogen-bond acceptors (Lipinski definition) is 2. The minimum Gasteiger partial charge on any atom is -0.373 e. The smallest absolute Gasteiger partial charge is 0.373 e. The third-order valence-electron chi connectivity index (χ3n) is 7.04. The van der Waals surface area contributed by atoms with Crippen molar-refractivity contribution in [2.45, 2.75) is 43.8 Å².